The molecule has 0 saturated carbocycles. The Morgan fingerprint density at radius 2 is 2.28 bits per heavy atom. The molecule has 0 spiro atoms. The van der Waals surface area contributed by atoms with Crippen LogP contribution in [0.25, 0.3) is 0 Å². The van der Waals surface area contributed by atoms with Crippen molar-refractivity contribution in [3.05, 3.63) is 32.0 Å². The molecule has 6 nitrogen and oxygen atoms in total. The molecule has 0 radical (unpaired) electrons. The van der Waals surface area contributed by atoms with Crippen molar-refractivity contribution in [2.45, 2.75) is 13.3 Å². The smallest absolute Gasteiger partial charge is 0.340 e. The maximum absolute atomic E-state index is 12.9. The predicted molar refractivity (Wildman–Crippen MR) is 59.5 cm³/mol. The minimum atomic E-state index is -3.19. The number of nitrogens with zero attached hydrogens (tertiary/aromatic N) is 2. The van der Waals surface area contributed by atoms with E-state index in [1.54, 1.807) is 0 Å². The van der Waals surface area contributed by atoms with E-state index >= 15 is 0 Å². The summed E-state index contributed by atoms with van der Waals surface area (Å²) in [5.74, 6) is -1.07. The number of nitro groups is 1. The van der Waals surface area contributed by atoms with E-state index in [1.165, 1.54) is 6.92 Å². The van der Waals surface area contributed by atoms with E-state index in [0.29, 0.717) is 0 Å². The van der Waals surface area contributed by atoms with E-state index < -0.39 is 34.1 Å². The molecule has 0 aliphatic rings. The fourth-order valence-corrected chi connectivity index (χ4v) is 1.72. The Hall–Kier alpha value is -1.64. The Kier molecular flexibility index (Phi) is 4.65. The molecular formula is C9H7BrF2N2O4. The van der Waals surface area contributed by atoms with Gasteiger partial charge in [0, 0.05) is 6.20 Å². The lowest BCUT2D eigenvalue weighted by Crippen LogP contribution is -2.12. The number of rotatable bonds is 4. The van der Waals surface area contributed by atoms with Crippen molar-refractivity contribution in [2.24, 2.45) is 0 Å². The van der Waals surface area contributed by atoms with Crippen LogP contribution in [0, 0.1) is 10.1 Å². The van der Waals surface area contributed by atoms with Gasteiger partial charge >= 0.3 is 11.7 Å². The van der Waals surface area contributed by atoms with E-state index in [2.05, 4.69) is 25.7 Å². The van der Waals surface area contributed by atoms with Crippen LogP contribution >= 0.6 is 15.9 Å². The molecule has 0 saturated heterocycles. The number of carbonyl (C=O) groups excluding carboxylic acids is 1. The van der Waals surface area contributed by atoms with E-state index in [1.807, 2.05) is 0 Å². The van der Waals surface area contributed by atoms with Crippen LogP contribution in [0.2, 0.25) is 0 Å². The molecule has 9 heteroatoms. The highest BCUT2D eigenvalue weighted by atomic mass is 79.9. The van der Waals surface area contributed by atoms with E-state index in [-0.39, 0.29) is 11.2 Å². The molecule has 1 aromatic heterocycles. The number of hydrogen-bond acceptors (Lipinski definition) is 5. The molecule has 18 heavy (non-hydrogen) atoms. The van der Waals surface area contributed by atoms with Crippen molar-refractivity contribution in [3.8, 4) is 0 Å². The van der Waals surface area contributed by atoms with Crippen molar-refractivity contribution >= 4 is 27.6 Å². The zero-order valence-corrected chi connectivity index (χ0v) is 10.6. The van der Waals surface area contributed by atoms with Gasteiger partial charge in [-0.05, 0) is 22.9 Å². The van der Waals surface area contributed by atoms with Crippen LogP contribution in [0.1, 0.15) is 29.3 Å². The Balaban J connectivity index is 3.49. The summed E-state index contributed by atoms with van der Waals surface area (Å²) in [7, 11) is 0. The van der Waals surface area contributed by atoms with Crippen molar-refractivity contribution in [3.63, 3.8) is 0 Å². The highest BCUT2D eigenvalue weighted by molar-refractivity contribution is 9.10. The maximum Gasteiger partial charge on any atom is 0.340 e. The van der Waals surface area contributed by atoms with Gasteiger partial charge < -0.3 is 4.74 Å². The van der Waals surface area contributed by atoms with Crippen LogP contribution in [0.15, 0.2) is 10.8 Å². The summed E-state index contributed by atoms with van der Waals surface area (Å²) in [6, 6.07) is 0. The molecule has 0 bridgehead atoms. The van der Waals surface area contributed by atoms with Gasteiger partial charge in [-0.3, -0.25) is 10.1 Å². The minimum absolute atomic E-state index is 0.0363. The second-order valence-electron chi connectivity index (χ2n) is 3.00. The van der Waals surface area contributed by atoms with Crippen LogP contribution in [-0.2, 0) is 4.74 Å². The molecular weight excluding hydrogens is 318 g/mol. The first-order chi connectivity index (χ1) is 8.40. The average Bonchev–Trinajstić information content (AvgIpc) is 2.27. The summed E-state index contributed by atoms with van der Waals surface area (Å²) in [4.78, 5) is 24.6. The second-order valence-corrected chi connectivity index (χ2v) is 3.75. The topological polar surface area (TPSA) is 82.3 Å². The number of pyridine rings is 1. The molecule has 1 heterocycles. The fraction of sp³-hybridized carbons (Fsp3) is 0.333. The number of hydrogen-bond donors (Lipinski definition) is 0. The third kappa shape index (κ3) is 2.78. The van der Waals surface area contributed by atoms with Crippen molar-refractivity contribution in [1.29, 1.82) is 0 Å². The average molecular weight is 325 g/mol. The summed E-state index contributed by atoms with van der Waals surface area (Å²) >= 11 is 2.70. The normalized spacial score (nSPS) is 10.5. The maximum atomic E-state index is 12.9. The highest BCUT2D eigenvalue weighted by Crippen LogP contribution is 2.36. The Morgan fingerprint density at radius 1 is 1.67 bits per heavy atom. The molecule has 0 amide bonds. The first-order valence-electron chi connectivity index (χ1n) is 4.68. The molecule has 0 N–H and O–H groups in total. The SMILES string of the molecule is CCOC(=O)c1cnc(Br)c([N+](=O)[O-])c1C(F)F. The van der Waals surface area contributed by atoms with Crippen LogP contribution < -0.4 is 0 Å². The van der Waals surface area contributed by atoms with Gasteiger partial charge in [-0.1, -0.05) is 0 Å². The molecule has 0 aromatic carbocycles. The zero-order chi connectivity index (χ0) is 13.9. The summed E-state index contributed by atoms with van der Waals surface area (Å²) in [5.41, 5.74) is -2.54. The van der Waals surface area contributed by atoms with Gasteiger partial charge in [-0.15, -0.1) is 0 Å². The Bertz CT molecular complexity index is 496. The number of esters is 1. The molecule has 0 unspecified atom stereocenters. The highest BCUT2D eigenvalue weighted by Gasteiger charge is 2.32. The van der Waals surface area contributed by atoms with Gasteiger partial charge in [0.25, 0.3) is 6.43 Å². The van der Waals surface area contributed by atoms with Crippen LogP contribution in [-0.4, -0.2) is 22.5 Å². The van der Waals surface area contributed by atoms with Gasteiger partial charge in [0.1, 0.15) is 5.56 Å². The van der Waals surface area contributed by atoms with Gasteiger partial charge in [0.15, 0.2) is 4.60 Å². The molecule has 1 aromatic rings. The first-order valence-corrected chi connectivity index (χ1v) is 5.47. The molecule has 98 valence electrons. The second kappa shape index (κ2) is 5.80. The number of carbonyl (C=O) groups is 1. The van der Waals surface area contributed by atoms with Gasteiger partial charge in [0.05, 0.1) is 17.1 Å². The number of alkyl halides is 2. The first kappa shape index (κ1) is 14.4. The van der Waals surface area contributed by atoms with Crippen molar-refractivity contribution < 1.29 is 23.2 Å². The summed E-state index contributed by atoms with van der Waals surface area (Å²) in [6.07, 6.45) is -2.37. The van der Waals surface area contributed by atoms with Gasteiger partial charge in [-0.2, -0.15) is 0 Å². The summed E-state index contributed by atoms with van der Waals surface area (Å²) in [6.45, 7) is 1.45. The number of ether oxygens (including phenoxy) is 1. The third-order valence-electron chi connectivity index (χ3n) is 1.94. The summed E-state index contributed by atoms with van der Waals surface area (Å²) < 4.78 is 29.9. The molecule has 1 rings (SSSR count). The lowest BCUT2D eigenvalue weighted by Gasteiger charge is -2.08. The molecule has 0 aliphatic carbocycles. The number of halogens is 3. The summed E-state index contributed by atoms with van der Waals surface area (Å²) in [5, 5.41) is 10.7. The van der Waals surface area contributed by atoms with E-state index in [4.69, 9.17) is 0 Å². The Labute approximate surface area is 108 Å². The standard InChI is InChI=1S/C9H7BrF2N2O4/c1-2-18-9(15)4-3-13-7(10)6(14(16)17)5(4)8(11)12/h3,8H,2H2,1H3. The van der Waals surface area contributed by atoms with Crippen molar-refractivity contribution in [1.82, 2.24) is 4.98 Å². The molecule has 0 atom stereocenters. The minimum Gasteiger partial charge on any atom is -0.462 e. The van der Waals surface area contributed by atoms with E-state index in [9.17, 15) is 23.7 Å². The van der Waals surface area contributed by atoms with E-state index in [0.717, 1.165) is 6.20 Å². The zero-order valence-electron chi connectivity index (χ0n) is 9.02. The fourth-order valence-electron chi connectivity index (χ4n) is 1.26. The van der Waals surface area contributed by atoms with Gasteiger partial charge in [0.2, 0.25) is 0 Å². The lowest BCUT2D eigenvalue weighted by molar-refractivity contribution is -0.387. The van der Waals surface area contributed by atoms with Crippen LogP contribution in [0.4, 0.5) is 14.5 Å². The number of aromatic nitrogens is 1. The predicted octanol–water partition coefficient (Wildman–Crippen LogP) is 2.87. The molecule has 0 fully saturated rings. The van der Waals surface area contributed by atoms with Crippen molar-refractivity contribution in [2.75, 3.05) is 6.61 Å². The lowest BCUT2D eigenvalue weighted by atomic mass is 10.1. The van der Waals surface area contributed by atoms with Gasteiger partial charge in [-0.25, -0.2) is 18.6 Å². The Morgan fingerprint density at radius 3 is 2.72 bits per heavy atom. The quantitative estimate of drug-likeness (QED) is 0.368. The van der Waals surface area contributed by atoms with Crippen LogP contribution in [0.3, 0.4) is 0 Å². The third-order valence-corrected chi connectivity index (χ3v) is 2.52. The monoisotopic (exact) mass is 324 g/mol. The largest absolute Gasteiger partial charge is 0.462 e. The van der Waals surface area contributed by atoms with Crippen LogP contribution in [0.5, 0.6) is 0 Å². The molecule has 0 aliphatic heterocycles.